The number of amides is 1. The molecule has 5 nitrogen and oxygen atoms in total. The van der Waals surface area contributed by atoms with Crippen LogP contribution in [0.4, 0.5) is 5.13 Å². The minimum Gasteiger partial charge on any atom is -0.301 e. The summed E-state index contributed by atoms with van der Waals surface area (Å²) in [5, 5.41) is 3.70. The Bertz CT molecular complexity index is 863. The van der Waals surface area contributed by atoms with Gasteiger partial charge in [0.2, 0.25) is 5.91 Å². The Kier molecular flexibility index (Phi) is 7.61. The molecule has 2 rings (SSSR count). The van der Waals surface area contributed by atoms with Gasteiger partial charge < -0.3 is 5.32 Å². The molecular weight excluding hydrogens is 392 g/mol. The van der Waals surface area contributed by atoms with Crippen LogP contribution in [0.5, 0.6) is 0 Å². The molecule has 0 aliphatic carbocycles. The number of hydrogen-bond donors (Lipinski definition) is 1. The Hall–Kier alpha value is -1.44. The van der Waals surface area contributed by atoms with E-state index in [1.54, 1.807) is 6.20 Å². The fourth-order valence-electron chi connectivity index (χ4n) is 2.39. The van der Waals surface area contributed by atoms with Gasteiger partial charge in [-0.3, -0.25) is 4.79 Å². The number of carbonyl (C=O) groups is 1. The van der Waals surface area contributed by atoms with Gasteiger partial charge in [-0.05, 0) is 30.5 Å². The molecule has 8 heteroatoms. The fraction of sp³-hybridized carbons (Fsp3) is 0.444. The van der Waals surface area contributed by atoms with Crippen molar-refractivity contribution in [2.24, 2.45) is 0 Å². The second-order valence-corrected chi connectivity index (χ2v) is 9.95. The number of thiazole rings is 1. The van der Waals surface area contributed by atoms with Crippen molar-refractivity contribution in [3.8, 4) is 0 Å². The van der Waals surface area contributed by atoms with Crippen molar-refractivity contribution in [3.63, 3.8) is 0 Å². The normalized spacial score (nSPS) is 11.5. The van der Waals surface area contributed by atoms with Crippen LogP contribution in [0.25, 0.3) is 0 Å². The molecule has 26 heavy (non-hydrogen) atoms. The average molecular weight is 415 g/mol. The van der Waals surface area contributed by atoms with Crippen LogP contribution in [0.2, 0.25) is 5.02 Å². The molecule has 142 valence electrons. The van der Waals surface area contributed by atoms with Gasteiger partial charge in [0.25, 0.3) is 0 Å². The van der Waals surface area contributed by atoms with E-state index in [0.717, 1.165) is 28.8 Å². The molecule has 1 aromatic heterocycles. The zero-order chi connectivity index (χ0) is 19.2. The van der Waals surface area contributed by atoms with Gasteiger partial charge in [-0.1, -0.05) is 43.5 Å². The molecule has 0 atom stereocenters. The summed E-state index contributed by atoms with van der Waals surface area (Å²) in [5.74, 6) is -0.995. The van der Waals surface area contributed by atoms with E-state index < -0.39 is 21.5 Å². The van der Waals surface area contributed by atoms with Gasteiger partial charge in [-0.2, -0.15) is 0 Å². The Morgan fingerprint density at radius 1 is 1.31 bits per heavy atom. The number of sulfone groups is 1. The number of anilines is 1. The summed E-state index contributed by atoms with van der Waals surface area (Å²) >= 11 is 7.47. The fourth-order valence-corrected chi connectivity index (χ4v) is 4.72. The first-order valence-electron chi connectivity index (χ1n) is 8.49. The number of hydrogen-bond acceptors (Lipinski definition) is 5. The van der Waals surface area contributed by atoms with E-state index in [9.17, 15) is 13.2 Å². The summed E-state index contributed by atoms with van der Waals surface area (Å²) in [7, 11) is -3.37. The van der Waals surface area contributed by atoms with E-state index in [-0.39, 0.29) is 5.75 Å². The Morgan fingerprint density at radius 3 is 2.77 bits per heavy atom. The zero-order valence-electron chi connectivity index (χ0n) is 14.9. The lowest BCUT2D eigenvalue weighted by Gasteiger charge is -2.04. The van der Waals surface area contributed by atoms with Crippen LogP contribution >= 0.6 is 22.9 Å². The van der Waals surface area contributed by atoms with Crippen LogP contribution in [0, 0.1) is 6.92 Å². The highest BCUT2D eigenvalue weighted by atomic mass is 35.5. The maximum absolute atomic E-state index is 12.0. The van der Waals surface area contributed by atoms with Crippen molar-refractivity contribution in [1.82, 2.24) is 4.98 Å². The molecule has 0 fully saturated rings. The quantitative estimate of drug-likeness (QED) is 0.622. The van der Waals surface area contributed by atoms with Gasteiger partial charge in [-0.15, -0.1) is 11.3 Å². The summed E-state index contributed by atoms with van der Waals surface area (Å²) < 4.78 is 23.8. The molecule has 1 N–H and O–H groups in total. The van der Waals surface area contributed by atoms with Crippen LogP contribution in [-0.2, 0) is 21.1 Å². The van der Waals surface area contributed by atoms with Crippen molar-refractivity contribution in [2.45, 2.75) is 39.5 Å². The second-order valence-electron chi connectivity index (χ2n) is 6.24. The first-order valence-corrected chi connectivity index (χ1v) is 11.5. The van der Waals surface area contributed by atoms with Crippen LogP contribution in [0.1, 0.15) is 42.2 Å². The minimum absolute atomic E-state index is 0.0472. The highest BCUT2D eigenvalue weighted by Gasteiger charge is 2.17. The molecule has 0 saturated heterocycles. The molecule has 1 heterocycles. The molecule has 0 saturated carbocycles. The number of aromatic nitrogens is 1. The maximum atomic E-state index is 12.0. The molecule has 0 aliphatic heterocycles. The lowest BCUT2D eigenvalue weighted by Crippen LogP contribution is -2.24. The van der Waals surface area contributed by atoms with Crippen LogP contribution in [0.15, 0.2) is 24.4 Å². The van der Waals surface area contributed by atoms with Crippen LogP contribution in [0.3, 0.4) is 0 Å². The highest BCUT2D eigenvalue weighted by molar-refractivity contribution is 7.92. The molecule has 0 radical (unpaired) electrons. The summed E-state index contributed by atoms with van der Waals surface area (Å²) in [6.07, 6.45) is 4.72. The van der Waals surface area contributed by atoms with Crippen molar-refractivity contribution >= 4 is 43.8 Å². The first kappa shape index (κ1) is 20.9. The summed E-state index contributed by atoms with van der Waals surface area (Å²) in [6, 6.07) is 5.88. The summed E-state index contributed by atoms with van der Waals surface area (Å²) in [4.78, 5) is 17.1. The third-order valence-corrected chi connectivity index (χ3v) is 6.76. The number of unbranched alkanes of at least 4 members (excludes halogenated alkanes) is 2. The predicted molar refractivity (Wildman–Crippen MR) is 108 cm³/mol. The lowest BCUT2D eigenvalue weighted by atomic mass is 10.1. The predicted octanol–water partition coefficient (Wildman–Crippen LogP) is 4.24. The Balaban J connectivity index is 1.91. The van der Waals surface area contributed by atoms with Crippen LogP contribution < -0.4 is 5.32 Å². The molecule has 2 aromatic rings. The number of nitrogens with zero attached hydrogens (tertiary/aromatic N) is 1. The summed E-state index contributed by atoms with van der Waals surface area (Å²) in [5.41, 5.74) is 2.08. The SMILES string of the molecule is CCCCCS(=O)(=O)CC(=O)Nc1ncc(Cc2ccc(C)c(Cl)c2)s1. The minimum atomic E-state index is -3.37. The van der Waals surface area contributed by atoms with Gasteiger partial charge in [0, 0.05) is 22.5 Å². The van der Waals surface area contributed by atoms with E-state index >= 15 is 0 Å². The molecule has 0 aliphatic rings. The molecule has 1 aromatic carbocycles. The van der Waals surface area contributed by atoms with Gasteiger partial charge in [-0.25, -0.2) is 13.4 Å². The number of rotatable bonds is 9. The average Bonchev–Trinajstić information content (AvgIpc) is 2.97. The second kappa shape index (κ2) is 9.48. The number of nitrogens with one attached hydrogen (secondary N) is 1. The first-order chi connectivity index (χ1) is 12.3. The third kappa shape index (κ3) is 6.70. The van der Waals surface area contributed by atoms with Crippen molar-refractivity contribution in [1.29, 1.82) is 0 Å². The number of benzene rings is 1. The van der Waals surface area contributed by atoms with E-state index in [1.807, 2.05) is 32.0 Å². The van der Waals surface area contributed by atoms with Crippen LogP contribution in [-0.4, -0.2) is 30.8 Å². The molecule has 0 bridgehead atoms. The van der Waals surface area contributed by atoms with Gasteiger partial charge in [0.15, 0.2) is 15.0 Å². The number of halogens is 1. The molecule has 0 spiro atoms. The zero-order valence-corrected chi connectivity index (χ0v) is 17.3. The van der Waals surface area contributed by atoms with Gasteiger partial charge in [0.1, 0.15) is 5.75 Å². The van der Waals surface area contributed by atoms with E-state index in [2.05, 4.69) is 10.3 Å². The topological polar surface area (TPSA) is 76.1 Å². The monoisotopic (exact) mass is 414 g/mol. The van der Waals surface area contributed by atoms with E-state index in [1.165, 1.54) is 11.3 Å². The maximum Gasteiger partial charge on any atom is 0.241 e. The van der Waals surface area contributed by atoms with Crippen molar-refractivity contribution in [2.75, 3.05) is 16.8 Å². The lowest BCUT2D eigenvalue weighted by molar-refractivity contribution is -0.113. The number of aryl methyl sites for hydroxylation is 1. The Morgan fingerprint density at radius 2 is 2.08 bits per heavy atom. The summed E-state index contributed by atoms with van der Waals surface area (Å²) in [6.45, 7) is 3.95. The number of carbonyl (C=O) groups excluding carboxylic acids is 1. The highest BCUT2D eigenvalue weighted by Crippen LogP contribution is 2.24. The van der Waals surface area contributed by atoms with Crippen molar-refractivity contribution < 1.29 is 13.2 Å². The smallest absolute Gasteiger partial charge is 0.241 e. The third-order valence-electron chi connectivity index (χ3n) is 3.82. The van der Waals surface area contributed by atoms with E-state index in [4.69, 9.17) is 11.6 Å². The largest absolute Gasteiger partial charge is 0.301 e. The van der Waals surface area contributed by atoms with Gasteiger partial charge in [0.05, 0.1) is 5.75 Å². The molecule has 0 unspecified atom stereocenters. The Labute approximate surface area is 163 Å². The van der Waals surface area contributed by atoms with Crippen molar-refractivity contribution in [3.05, 3.63) is 45.4 Å². The molecular formula is C18H23ClN2O3S2. The standard InChI is InChI=1S/C18H23ClN2O3S2/c1-3-4-5-8-26(23,24)12-17(22)21-18-20-11-15(25-18)9-14-7-6-13(2)16(19)10-14/h6-7,10-11H,3-5,8-9,12H2,1-2H3,(H,20,21,22). The van der Waals surface area contributed by atoms with E-state index in [0.29, 0.717) is 23.0 Å². The van der Waals surface area contributed by atoms with Gasteiger partial charge >= 0.3 is 0 Å². The molecule has 1 amide bonds.